The average Bonchev–Trinajstić information content (AvgIpc) is 3.32. The molecule has 0 bridgehead atoms. The summed E-state index contributed by atoms with van der Waals surface area (Å²) in [4.78, 5) is 23.8. The number of ether oxygens (including phenoxy) is 2. The highest BCUT2D eigenvalue weighted by molar-refractivity contribution is 5.91. The molecule has 0 aliphatic carbocycles. The molecule has 3 rings (SSSR count). The molecule has 0 atom stereocenters. The topological polar surface area (TPSA) is 89.8 Å². The highest BCUT2D eigenvalue weighted by Crippen LogP contribution is 2.28. The number of hydrogen-bond acceptors (Lipinski definition) is 5. The van der Waals surface area contributed by atoms with Gasteiger partial charge in [-0.05, 0) is 35.4 Å². The van der Waals surface area contributed by atoms with Crippen molar-refractivity contribution in [3.63, 3.8) is 0 Å². The van der Waals surface area contributed by atoms with Gasteiger partial charge in [-0.25, -0.2) is 0 Å². The number of carbonyl (C=O) groups is 2. The monoisotopic (exact) mass is 408 g/mol. The summed E-state index contributed by atoms with van der Waals surface area (Å²) in [6, 6.07) is 18.6. The Hall–Kier alpha value is -3.74. The van der Waals surface area contributed by atoms with E-state index >= 15 is 0 Å². The Bertz CT molecular complexity index is 955. The van der Waals surface area contributed by atoms with Crippen LogP contribution in [-0.2, 0) is 17.9 Å². The highest BCUT2D eigenvalue weighted by atomic mass is 16.5. The van der Waals surface area contributed by atoms with Crippen molar-refractivity contribution in [2.75, 3.05) is 13.7 Å². The Morgan fingerprint density at radius 2 is 1.77 bits per heavy atom. The molecule has 7 heteroatoms. The molecule has 0 unspecified atom stereocenters. The molecule has 30 heavy (non-hydrogen) atoms. The van der Waals surface area contributed by atoms with Gasteiger partial charge in [0.1, 0.15) is 6.61 Å². The largest absolute Gasteiger partial charge is 0.493 e. The predicted molar refractivity (Wildman–Crippen MR) is 111 cm³/mol. The van der Waals surface area contributed by atoms with E-state index in [1.165, 1.54) is 6.26 Å². The van der Waals surface area contributed by atoms with Gasteiger partial charge >= 0.3 is 0 Å². The molecule has 0 saturated heterocycles. The van der Waals surface area contributed by atoms with Gasteiger partial charge in [0.25, 0.3) is 5.91 Å². The standard InChI is InChI=1S/C23H24N2O5/c1-28-21-14-18(9-10-19(21)30-16-17-6-3-2-4-7-17)15-25-22(26)11-12-24-23(27)20-8-5-13-29-20/h2-10,13-14H,11-12,15-16H2,1H3,(H,24,27)(H,25,26). The van der Waals surface area contributed by atoms with E-state index in [4.69, 9.17) is 13.9 Å². The first-order valence-electron chi connectivity index (χ1n) is 9.58. The maximum atomic E-state index is 12.0. The quantitative estimate of drug-likeness (QED) is 0.537. The highest BCUT2D eigenvalue weighted by Gasteiger charge is 2.10. The fraction of sp³-hybridized carbons (Fsp3) is 0.217. The Kier molecular flexibility index (Phi) is 7.49. The molecule has 2 aromatic carbocycles. The summed E-state index contributed by atoms with van der Waals surface area (Å²) in [6.45, 7) is 1.01. The van der Waals surface area contributed by atoms with Crippen molar-refractivity contribution in [3.8, 4) is 11.5 Å². The molecule has 0 radical (unpaired) electrons. The van der Waals surface area contributed by atoms with Crippen molar-refractivity contribution in [1.29, 1.82) is 0 Å². The van der Waals surface area contributed by atoms with Crippen molar-refractivity contribution in [2.45, 2.75) is 19.6 Å². The zero-order valence-corrected chi connectivity index (χ0v) is 16.7. The molecular weight excluding hydrogens is 384 g/mol. The third kappa shape index (κ3) is 6.13. The lowest BCUT2D eigenvalue weighted by atomic mass is 10.2. The van der Waals surface area contributed by atoms with Gasteiger partial charge in [-0.3, -0.25) is 9.59 Å². The number of benzene rings is 2. The smallest absolute Gasteiger partial charge is 0.286 e. The van der Waals surface area contributed by atoms with E-state index in [9.17, 15) is 9.59 Å². The zero-order valence-electron chi connectivity index (χ0n) is 16.7. The average molecular weight is 408 g/mol. The van der Waals surface area contributed by atoms with Crippen molar-refractivity contribution in [3.05, 3.63) is 83.8 Å². The molecule has 0 spiro atoms. The number of methoxy groups -OCH3 is 1. The van der Waals surface area contributed by atoms with Crippen LogP contribution in [0.5, 0.6) is 11.5 Å². The Balaban J connectivity index is 1.44. The van der Waals surface area contributed by atoms with Crippen LogP contribution in [0.3, 0.4) is 0 Å². The first-order valence-corrected chi connectivity index (χ1v) is 9.58. The third-order valence-corrected chi connectivity index (χ3v) is 4.34. The molecule has 1 heterocycles. The Morgan fingerprint density at radius 1 is 0.933 bits per heavy atom. The maximum absolute atomic E-state index is 12.0. The summed E-state index contributed by atoms with van der Waals surface area (Å²) < 4.78 is 16.3. The van der Waals surface area contributed by atoms with Crippen LogP contribution in [-0.4, -0.2) is 25.5 Å². The van der Waals surface area contributed by atoms with Crippen LogP contribution in [0.15, 0.2) is 71.3 Å². The SMILES string of the molecule is COc1cc(CNC(=O)CCNC(=O)c2ccco2)ccc1OCc1ccccc1. The molecule has 0 aliphatic heterocycles. The van der Waals surface area contributed by atoms with E-state index in [2.05, 4.69) is 10.6 Å². The van der Waals surface area contributed by atoms with Crippen molar-refractivity contribution >= 4 is 11.8 Å². The molecule has 0 fully saturated rings. The minimum absolute atomic E-state index is 0.168. The Labute approximate surface area is 175 Å². The predicted octanol–water partition coefficient (Wildman–Crippen LogP) is 3.30. The molecule has 0 aliphatic rings. The molecule has 2 N–H and O–H groups in total. The fourth-order valence-electron chi connectivity index (χ4n) is 2.75. The number of amides is 2. The first-order chi connectivity index (χ1) is 14.7. The van der Waals surface area contributed by atoms with Crippen LogP contribution in [0.4, 0.5) is 0 Å². The van der Waals surface area contributed by atoms with Gasteiger partial charge in [0, 0.05) is 19.5 Å². The van der Waals surface area contributed by atoms with Gasteiger partial charge in [0.15, 0.2) is 17.3 Å². The summed E-state index contributed by atoms with van der Waals surface area (Å²) in [5.74, 6) is 0.944. The fourth-order valence-corrected chi connectivity index (χ4v) is 2.75. The van der Waals surface area contributed by atoms with Crippen LogP contribution in [0.1, 0.15) is 28.1 Å². The van der Waals surface area contributed by atoms with E-state index < -0.39 is 0 Å². The lowest BCUT2D eigenvalue weighted by Gasteiger charge is -2.13. The molecule has 1 aromatic heterocycles. The van der Waals surface area contributed by atoms with E-state index in [0.717, 1.165) is 11.1 Å². The number of nitrogens with one attached hydrogen (secondary N) is 2. The number of rotatable bonds is 10. The Morgan fingerprint density at radius 3 is 2.50 bits per heavy atom. The van der Waals surface area contributed by atoms with Crippen LogP contribution >= 0.6 is 0 Å². The minimum atomic E-state index is -0.344. The van der Waals surface area contributed by atoms with Crippen LogP contribution in [0, 0.1) is 0 Å². The summed E-state index contributed by atoms with van der Waals surface area (Å²) in [7, 11) is 1.58. The van der Waals surface area contributed by atoms with Crippen molar-refractivity contribution in [2.24, 2.45) is 0 Å². The first kappa shape index (κ1) is 21.0. The summed E-state index contributed by atoms with van der Waals surface area (Å²) in [6.07, 6.45) is 1.59. The van der Waals surface area contributed by atoms with Gasteiger partial charge in [-0.1, -0.05) is 36.4 Å². The summed E-state index contributed by atoms with van der Waals surface area (Å²) in [5, 5.41) is 5.46. The molecule has 156 valence electrons. The second-order valence-corrected chi connectivity index (χ2v) is 6.52. The van der Waals surface area contributed by atoms with Gasteiger partial charge < -0.3 is 24.5 Å². The number of hydrogen-bond donors (Lipinski definition) is 2. The lowest BCUT2D eigenvalue weighted by Crippen LogP contribution is -2.30. The van der Waals surface area contributed by atoms with Gasteiger partial charge in [0.2, 0.25) is 5.91 Å². The second-order valence-electron chi connectivity index (χ2n) is 6.52. The van der Waals surface area contributed by atoms with E-state index in [0.29, 0.717) is 24.7 Å². The summed E-state index contributed by atoms with van der Waals surface area (Å²) >= 11 is 0. The van der Waals surface area contributed by atoms with E-state index in [1.54, 1.807) is 19.2 Å². The molecule has 0 saturated carbocycles. The normalized spacial score (nSPS) is 10.3. The van der Waals surface area contributed by atoms with Crippen LogP contribution in [0.25, 0.3) is 0 Å². The minimum Gasteiger partial charge on any atom is -0.493 e. The zero-order chi connectivity index (χ0) is 21.2. The van der Waals surface area contributed by atoms with Gasteiger partial charge in [0.05, 0.1) is 13.4 Å². The van der Waals surface area contributed by atoms with Crippen LogP contribution in [0.2, 0.25) is 0 Å². The van der Waals surface area contributed by atoms with Gasteiger partial charge in [-0.2, -0.15) is 0 Å². The number of furan rings is 1. The van der Waals surface area contributed by atoms with Gasteiger partial charge in [-0.15, -0.1) is 0 Å². The van der Waals surface area contributed by atoms with E-state index in [-0.39, 0.29) is 30.5 Å². The van der Waals surface area contributed by atoms with Crippen molar-refractivity contribution < 1.29 is 23.5 Å². The third-order valence-electron chi connectivity index (χ3n) is 4.34. The molecular formula is C23H24N2O5. The molecule has 3 aromatic rings. The molecule has 7 nitrogen and oxygen atoms in total. The molecule has 2 amide bonds. The maximum Gasteiger partial charge on any atom is 0.286 e. The van der Waals surface area contributed by atoms with Crippen molar-refractivity contribution in [1.82, 2.24) is 10.6 Å². The van der Waals surface area contributed by atoms with E-state index in [1.807, 2.05) is 48.5 Å². The second kappa shape index (κ2) is 10.7. The lowest BCUT2D eigenvalue weighted by molar-refractivity contribution is -0.121. The number of carbonyl (C=O) groups excluding carboxylic acids is 2. The van der Waals surface area contributed by atoms with Crippen LogP contribution < -0.4 is 20.1 Å². The summed E-state index contributed by atoms with van der Waals surface area (Å²) in [5.41, 5.74) is 1.95.